The normalized spacial score (nSPS) is 53.7. The smallest absolute Gasteiger partial charge is 0.302 e. The fourth-order valence-electron chi connectivity index (χ4n) is 5.26. The predicted octanol–water partition coefficient (Wildman–Crippen LogP) is 0.554. The van der Waals surface area contributed by atoms with E-state index in [2.05, 4.69) is 6.08 Å². The van der Waals surface area contributed by atoms with Crippen LogP contribution in [0.25, 0.3) is 0 Å². The molecule has 0 aromatic rings. The molecule has 2 saturated heterocycles. The lowest BCUT2D eigenvalue weighted by atomic mass is 9.51. The molecule has 4 rings (SSSR count). The number of allylic oxidation sites excluding steroid dienone is 1. The second kappa shape index (κ2) is 4.57. The number of hydrogen-bond acceptors (Lipinski definition) is 6. The molecule has 0 unspecified atom stereocenters. The van der Waals surface area contributed by atoms with Crippen LogP contribution < -0.4 is 0 Å². The van der Waals surface area contributed by atoms with Crippen molar-refractivity contribution >= 4 is 5.97 Å². The van der Waals surface area contributed by atoms with E-state index in [-0.39, 0.29) is 18.7 Å². The summed E-state index contributed by atoms with van der Waals surface area (Å²) in [4.78, 5) is 11.4. The Morgan fingerprint density at radius 3 is 2.78 bits per heavy atom. The molecule has 0 aromatic carbocycles. The summed E-state index contributed by atoms with van der Waals surface area (Å²) in [5, 5.41) is 21.4. The Kier molecular flexibility index (Phi) is 3.09. The average Bonchev–Trinajstić information content (AvgIpc) is 3.28. The molecule has 4 aliphatic rings. The van der Waals surface area contributed by atoms with E-state index in [0.717, 1.165) is 12.8 Å². The number of esters is 1. The van der Waals surface area contributed by atoms with Gasteiger partial charge in [0.1, 0.15) is 24.4 Å². The molecule has 2 bridgehead atoms. The quantitative estimate of drug-likeness (QED) is 0.438. The Morgan fingerprint density at radius 2 is 2.17 bits per heavy atom. The first-order valence-corrected chi connectivity index (χ1v) is 8.25. The second-order valence-corrected chi connectivity index (χ2v) is 7.74. The third-order valence-corrected chi connectivity index (χ3v) is 6.83. The third kappa shape index (κ3) is 1.65. The fourth-order valence-corrected chi connectivity index (χ4v) is 5.26. The lowest BCUT2D eigenvalue weighted by molar-refractivity contribution is -0.230. The summed E-state index contributed by atoms with van der Waals surface area (Å²) in [5.74, 6) is -0.353. The maximum absolute atomic E-state index is 11.4. The highest BCUT2D eigenvalue weighted by Crippen LogP contribution is 2.71. The first kappa shape index (κ1) is 15.6. The van der Waals surface area contributed by atoms with Crippen molar-refractivity contribution in [1.29, 1.82) is 0 Å². The number of fused-ring (bicyclic) bond motifs is 2. The van der Waals surface area contributed by atoms with Gasteiger partial charge in [0.2, 0.25) is 0 Å². The van der Waals surface area contributed by atoms with Gasteiger partial charge in [0.25, 0.3) is 0 Å². The molecular weight excluding hydrogens is 300 g/mol. The van der Waals surface area contributed by atoms with E-state index < -0.39 is 34.7 Å². The molecule has 1 saturated carbocycles. The van der Waals surface area contributed by atoms with Crippen molar-refractivity contribution in [1.82, 2.24) is 0 Å². The number of carbonyl (C=O) groups excluding carboxylic acids is 1. The molecule has 6 nitrogen and oxygen atoms in total. The van der Waals surface area contributed by atoms with E-state index in [9.17, 15) is 15.0 Å². The van der Waals surface area contributed by atoms with Crippen LogP contribution in [0.15, 0.2) is 11.6 Å². The minimum Gasteiger partial charge on any atom is -0.465 e. The van der Waals surface area contributed by atoms with Gasteiger partial charge in [-0.2, -0.15) is 0 Å². The van der Waals surface area contributed by atoms with Crippen LogP contribution in [-0.4, -0.2) is 59.4 Å². The van der Waals surface area contributed by atoms with Crippen LogP contribution in [0.5, 0.6) is 0 Å². The molecule has 6 heteroatoms. The highest BCUT2D eigenvalue weighted by Gasteiger charge is 2.84. The molecular formula is C17H24O6. The summed E-state index contributed by atoms with van der Waals surface area (Å²) in [5.41, 5.74) is -0.781. The van der Waals surface area contributed by atoms with Gasteiger partial charge in [-0.3, -0.25) is 4.79 Å². The Balaban J connectivity index is 1.85. The summed E-state index contributed by atoms with van der Waals surface area (Å²) in [7, 11) is 0. The molecule has 2 aliphatic carbocycles. The van der Waals surface area contributed by atoms with Crippen LogP contribution in [-0.2, 0) is 19.0 Å². The van der Waals surface area contributed by atoms with Gasteiger partial charge < -0.3 is 24.4 Å². The summed E-state index contributed by atoms with van der Waals surface area (Å²) in [6, 6.07) is 0. The van der Waals surface area contributed by atoms with Gasteiger partial charge in [0.15, 0.2) is 0 Å². The predicted molar refractivity (Wildman–Crippen MR) is 79.5 cm³/mol. The summed E-state index contributed by atoms with van der Waals surface area (Å²) in [6.45, 7) is 6.01. The van der Waals surface area contributed by atoms with E-state index >= 15 is 0 Å². The highest BCUT2D eigenvalue weighted by molar-refractivity contribution is 5.66. The number of aliphatic hydroxyl groups excluding tert-OH is 2. The van der Waals surface area contributed by atoms with Gasteiger partial charge in [0.05, 0.1) is 18.8 Å². The van der Waals surface area contributed by atoms with Crippen LogP contribution in [0.1, 0.15) is 33.6 Å². The van der Waals surface area contributed by atoms with E-state index in [1.165, 1.54) is 12.5 Å². The molecule has 128 valence electrons. The van der Waals surface area contributed by atoms with Crippen LogP contribution in [0.3, 0.4) is 0 Å². The van der Waals surface area contributed by atoms with Gasteiger partial charge >= 0.3 is 5.97 Å². The van der Waals surface area contributed by atoms with Crippen molar-refractivity contribution in [3.8, 4) is 0 Å². The molecule has 0 aromatic heterocycles. The molecule has 23 heavy (non-hydrogen) atoms. The number of aliphatic hydroxyl groups is 2. The lowest BCUT2D eigenvalue weighted by Crippen LogP contribution is -2.66. The first-order valence-electron chi connectivity index (χ1n) is 8.25. The van der Waals surface area contributed by atoms with Crippen molar-refractivity contribution in [2.75, 3.05) is 13.2 Å². The Bertz CT molecular complexity index is 582. The lowest BCUT2D eigenvalue weighted by Gasteiger charge is -2.57. The van der Waals surface area contributed by atoms with Crippen LogP contribution in [0.4, 0.5) is 0 Å². The zero-order valence-electron chi connectivity index (χ0n) is 13.7. The molecule has 0 amide bonds. The van der Waals surface area contributed by atoms with Crippen LogP contribution in [0.2, 0.25) is 0 Å². The summed E-state index contributed by atoms with van der Waals surface area (Å²) < 4.78 is 17.4. The molecule has 7 atom stereocenters. The van der Waals surface area contributed by atoms with Crippen LogP contribution >= 0.6 is 0 Å². The summed E-state index contributed by atoms with van der Waals surface area (Å²) >= 11 is 0. The standard InChI is InChI=1S/C17H24O6/c1-9-4-5-16(7-21-10(2)18)11(6-9)23-14-12(19)13(20)15(16,3)17(14)8-22-17/h6,11-14,19-20H,4-5,7-8H2,1-3H3/t11-,12+,13+,14+,15+,16+,17-/m0/s1. The van der Waals surface area contributed by atoms with Gasteiger partial charge in [-0.15, -0.1) is 0 Å². The molecule has 2 heterocycles. The third-order valence-electron chi connectivity index (χ3n) is 6.83. The van der Waals surface area contributed by atoms with Gasteiger partial charge in [-0.25, -0.2) is 0 Å². The van der Waals surface area contributed by atoms with Crippen molar-refractivity contribution in [3.05, 3.63) is 11.6 Å². The van der Waals surface area contributed by atoms with Crippen molar-refractivity contribution in [2.24, 2.45) is 10.8 Å². The van der Waals surface area contributed by atoms with Gasteiger partial charge in [-0.05, 0) is 19.8 Å². The number of hydrogen-bond donors (Lipinski definition) is 2. The topological polar surface area (TPSA) is 88.5 Å². The van der Waals surface area contributed by atoms with Crippen molar-refractivity contribution in [3.63, 3.8) is 0 Å². The zero-order chi connectivity index (χ0) is 16.6. The number of carbonyl (C=O) groups is 1. The molecule has 2 aliphatic heterocycles. The average molecular weight is 324 g/mol. The van der Waals surface area contributed by atoms with Gasteiger partial charge in [0, 0.05) is 17.8 Å². The van der Waals surface area contributed by atoms with E-state index in [1.54, 1.807) is 0 Å². The van der Waals surface area contributed by atoms with E-state index in [0.29, 0.717) is 6.61 Å². The largest absolute Gasteiger partial charge is 0.465 e. The second-order valence-electron chi connectivity index (χ2n) is 7.74. The maximum Gasteiger partial charge on any atom is 0.302 e. The number of ether oxygens (including phenoxy) is 3. The van der Waals surface area contributed by atoms with Crippen molar-refractivity contribution < 1.29 is 29.2 Å². The zero-order valence-corrected chi connectivity index (χ0v) is 13.7. The highest BCUT2D eigenvalue weighted by atomic mass is 16.6. The molecule has 2 N–H and O–H groups in total. The monoisotopic (exact) mass is 324 g/mol. The Hall–Kier alpha value is -0.950. The maximum atomic E-state index is 11.4. The SMILES string of the molecule is CC(=O)OC[C@]12CCC(C)=C[C@@H]1O[C@@H]1[C@H](O)[C@@H](O)[C@@]2(C)[C@]12CO2. The molecule has 1 spiro atoms. The fraction of sp³-hybridized carbons (Fsp3) is 0.824. The number of rotatable bonds is 2. The Labute approximate surface area is 135 Å². The van der Waals surface area contributed by atoms with Crippen molar-refractivity contribution in [2.45, 2.75) is 63.6 Å². The minimum absolute atomic E-state index is 0.162. The Morgan fingerprint density at radius 1 is 1.48 bits per heavy atom. The van der Waals surface area contributed by atoms with Crippen LogP contribution in [0, 0.1) is 10.8 Å². The first-order chi connectivity index (χ1) is 10.8. The molecule has 3 fully saturated rings. The minimum atomic E-state index is -0.990. The number of epoxide rings is 1. The van der Waals surface area contributed by atoms with Gasteiger partial charge in [-0.1, -0.05) is 18.6 Å². The van der Waals surface area contributed by atoms with E-state index in [4.69, 9.17) is 14.2 Å². The summed E-state index contributed by atoms with van der Waals surface area (Å²) in [6.07, 6.45) is 0.829. The van der Waals surface area contributed by atoms with E-state index in [1.807, 2.05) is 13.8 Å². The molecule has 0 radical (unpaired) electrons.